The fourth-order valence-corrected chi connectivity index (χ4v) is 2.96. The first-order chi connectivity index (χ1) is 10.3. The summed E-state index contributed by atoms with van der Waals surface area (Å²) >= 11 is 0. The molecule has 2 rings (SSSR count). The highest BCUT2D eigenvalue weighted by Crippen LogP contribution is 2.18. The van der Waals surface area contributed by atoms with Crippen LogP contribution in [0.15, 0.2) is 6.07 Å². The van der Waals surface area contributed by atoms with E-state index in [9.17, 15) is 0 Å². The van der Waals surface area contributed by atoms with Gasteiger partial charge in [0.2, 0.25) is 0 Å². The van der Waals surface area contributed by atoms with Gasteiger partial charge in [0, 0.05) is 31.6 Å². The summed E-state index contributed by atoms with van der Waals surface area (Å²) in [5.41, 5.74) is 0. The summed E-state index contributed by atoms with van der Waals surface area (Å²) < 4.78 is 0. The van der Waals surface area contributed by atoms with Crippen molar-refractivity contribution in [2.45, 2.75) is 52.5 Å². The van der Waals surface area contributed by atoms with Crippen LogP contribution in [0.3, 0.4) is 0 Å². The minimum Gasteiger partial charge on any atom is -0.370 e. The molecule has 5 nitrogen and oxygen atoms in total. The van der Waals surface area contributed by atoms with Crippen molar-refractivity contribution in [1.82, 2.24) is 14.9 Å². The topological polar surface area (TPSA) is 53.1 Å². The smallest absolute Gasteiger partial charge is 0.133 e. The van der Waals surface area contributed by atoms with E-state index in [-0.39, 0.29) is 0 Å². The molecule has 0 amide bonds. The van der Waals surface area contributed by atoms with Crippen LogP contribution in [-0.2, 0) is 6.42 Å². The fourth-order valence-electron chi connectivity index (χ4n) is 2.96. The van der Waals surface area contributed by atoms with Crippen LogP contribution < -0.4 is 10.6 Å². The summed E-state index contributed by atoms with van der Waals surface area (Å²) in [5.74, 6) is 2.81. The van der Waals surface area contributed by atoms with Crippen LogP contribution in [0.25, 0.3) is 0 Å². The average Bonchev–Trinajstić information content (AvgIpc) is 2.93. The Hall–Kier alpha value is -1.36. The average molecular weight is 291 g/mol. The number of hydrogen-bond acceptors (Lipinski definition) is 5. The zero-order valence-corrected chi connectivity index (χ0v) is 13.7. The van der Waals surface area contributed by atoms with Gasteiger partial charge < -0.3 is 10.6 Å². The van der Waals surface area contributed by atoms with Crippen LogP contribution in [0, 0.1) is 0 Å². The zero-order chi connectivity index (χ0) is 15.1. The number of likely N-dealkylation sites (N-methyl/N-ethyl adjacent to an activating group) is 1. The third-order valence-corrected chi connectivity index (χ3v) is 4.03. The predicted molar refractivity (Wildman–Crippen MR) is 88.9 cm³/mol. The summed E-state index contributed by atoms with van der Waals surface area (Å²) in [6.45, 7) is 10.7. The molecule has 1 aromatic rings. The van der Waals surface area contributed by atoms with Crippen molar-refractivity contribution < 1.29 is 0 Å². The lowest BCUT2D eigenvalue weighted by atomic mass is 10.2. The van der Waals surface area contributed by atoms with Crippen LogP contribution in [0.5, 0.6) is 0 Å². The van der Waals surface area contributed by atoms with Crippen LogP contribution in [-0.4, -0.2) is 47.1 Å². The molecule has 0 radical (unpaired) electrons. The summed E-state index contributed by atoms with van der Waals surface area (Å²) in [7, 11) is 0. The zero-order valence-electron chi connectivity index (χ0n) is 13.7. The minimum atomic E-state index is 0.641. The Balaban J connectivity index is 2.00. The molecule has 0 saturated carbocycles. The Labute approximate surface area is 128 Å². The van der Waals surface area contributed by atoms with E-state index in [1.165, 1.54) is 19.4 Å². The minimum absolute atomic E-state index is 0.641. The monoisotopic (exact) mass is 291 g/mol. The normalized spacial score (nSPS) is 18.9. The highest BCUT2D eigenvalue weighted by atomic mass is 15.2. The van der Waals surface area contributed by atoms with E-state index >= 15 is 0 Å². The summed E-state index contributed by atoms with van der Waals surface area (Å²) in [6.07, 6.45) is 4.60. The van der Waals surface area contributed by atoms with Gasteiger partial charge in [-0.25, -0.2) is 9.97 Å². The van der Waals surface area contributed by atoms with Gasteiger partial charge in [0.15, 0.2) is 0 Å². The quantitative estimate of drug-likeness (QED) is 0.771. The highest BCUT2D eigenvalue weighted by molar-refractivity contribution is 5.47. The molecule has 2 heterocycles. The molecule has 1 atom stereocenters. The van der Waals surface area contributed by atoms with Gasteiger partial charge in [0.25, 0.3) is 0 Å². The highest BCUT2D eigenvalue weighted by Gasteiger charge is 2.22. The van der Waals surface area contributed by atoms with Gasteiger partial charge in [0.05, 0.1) is 0 Å². The van der Waals surface area contributed by atoms with E-state index in [2.05, 4.69) is 46.3 Å². The number of aromatic nitrogens is 2. The lowest BCUT2D eigenvalue weighted by Crippen LogP contribution is -2.34. The number of aryl methyl sites for hydroxylation is 1. The van der Waals surface area contributed by atoms with Crippen LogP contribution in [0.4, 0.5) is 11.6 Å². The summed E-state index contributed by atoms with van der Waals surface area (Å²) in [6, 6.07) is 2.66. The molecule has 1 aliphatic rings. The number of nitrogens with one attached hydrogen (secondary N) is 2. The van der Waals surface area contributed by atoms with Gasteiger partial charge in [-0.3, -0.25) is 4.90 Å². The maximum atomic E-state index is 4.64. The van der Waals surface area contributed by atoms with Gasteiger partial charge in [0.1, 0.15) is 17.5 Å². The van der Waals surface area contributed by atoms with Crippen molar-refractivity contribution in [3.63, 3.8) is 0 Å². The van der Waals surface area contributed by atoms with Crippen molar-refractivity contribution in [3.8, 4) is 0 Å². The molecule has 5 heteroatoms. The van der Waals surface area contributed by atoms with Gasteiger partial charge in [-0.05, 0) is 39.3 Å². The van der Waals surface area contributed by atoms with Crippen molar-refractivity contribution in [1.29, 1.82) is 0 Å². The van der Waals surface area contributed by atoms with E-state index in [1.807, 2.05) is 6.07 Å². The first kappa shape index (κ1) is 16.0. The molecule has 0 spiro atoms. The SMILES string of the molecule is CCCc1nc(NCC)cc(NCC2CCCN2CC)n1. The first-order valence-electron chi connectivity index (χ1n) is 8.36. The van der Waals surface area contributed by atoms with Crippen LogP contribution in [0.2, 0.25) is 0 Å². The molecule has 118 valence electrons. The molecule has 1 unspecified atom stereocenters. The van der Waals surface area contributed by atoms with Gasteiger partial charge in [-0.1, -0.05) is 13.8 Å². The maximum Gasteiger partial charge on any atom is 0.133 e. The second-order valence-corrected chi connectivity index (χ2v) is 5.64. The van der Waals surface area contributed by atoms with Crippen molar-refractivity contribution in [3.05, 3.63) is 11.9 Å². The molecule has 0 aromatic carbocycles. The fraction of sp³-hybridized carbons (Fsp3) is 0.750. The Morgan fingerprint density at radius 3 is 2.62 bits per heavy atom. The Kier molecular flexibility index (Phi) is 6.23. The molecule has 0 bridgehead atoms. The van der Waals surface area contributed by atoms with Gasteiger partial charge in [-0.2, -0.15) is 0 Å². The van der Waals surface area contributed by atoms with E-state index in [0.717, 1.165) is 49.9 Å². The largest absolute Gasteiger partial charge is 0.370 e. The Morgan fingerprint density at radius 1 is 1.19 bits per heavy atom. The maximum absolute atomic E-state index is 4.64. The lowest BCUT2D eigenvalue weighted by molar-refractivity contribution is 0.277. The Bertz CT molecular complexity index is 410. The summed E-state index contributed by atoms with van der Waals surface area (Å²) in [4.78, 5) is 11.7. The molecule has 0 aliphatic carbocycles. The van der Waals surface area contributed by atoms with Crippen molar-refractivity contribution >= 4 is 11.6 Å². The number of likely N-dealkylation sites (tertiary alicyclic amines) is 1. The molecular weight excluding hydrogens is 262 g/mol. The van der Waals surface area contributed by atoms with E-state index in [0.29, 0.717) is 6.04 Å². The number of hydrogen-bond donors (Lipinski definition) is 2. The first-order valence-corrected chi connectivity index (χ1v) is 8.36. The summed E-state index contributed by atoms with van der Waals surface area (Å²) in [5, 5.41) is 6.81. The number of rotatable bonds is 8. The van der Waals surface area contributed by atoms with Crippen molar-refractivity contribution in [2.75, 3.05) is 36.8 Å². The van der Waals surface area contributed by atoms with Crippen LogP contribution >= 0.6 is 0 Å². The van der Waals surface area contributed by atoms with E-state index in [1.54, 1.807) is 0 Å². The predicted octanol–water partition coefficient (Wildman–Crippen LogP) is 2.76. The lowest BCUT2D eigenvalue weighted by Gasteiger charge is -2.23. The molecule has 1 saturated heterocycles. The Morgan fingerprint density at radius 2 is 1.95 bits per heavy atom. The van der Waals surface area contributed by atoms with Crippen LogP contribution in [0.1, 0.15) is 45.9 Å². The van der Waals surface area contributed by atoms with Gasteiger partial charge in [-0.15, -0.1) is 0 Å². The van der Waals surface area contributed by atoms with Crippen molar-refractivity contribution in [2.24, 2.45) is 0 Å². The molecule has 1 aliphatic heterocycles. The number of nitrogens with zero attached hydrogens (tertiary/aromatic N) is 3. The third-order valence-electron chi connectivity index (χ3n) is 4.03. The third kappa shape index (κ3) is 4.56. The van der Waals surface area contributed by atoms with E-state index < -0.39 is 0 Å². The number of anilines is 2. The molecule has 2 N–H and O–H groups in total. The molecule has 1 fully saturated rings. The molecule has 1 aromatic heterocycles. The van der Waals surface area contributed by atoms with Gasteiger partial charge >= 0.3 is 0 Å². The van der Waals surface area contributed by atoms with E-state index in [4.69, 9.17) is 0 Å². The second-order valence-electron chi connectivity index (χ2n) is 5.64. The molecule has 21 heavy (non-hydrogen) atoms. The second kappa shape index (κ2) is 8.17. The standard InChI is InChI=1S/C16H29N5/c1-4-8-14-19-15(17-5-2)11-16(20-14)18-12-13-9-7-10-21(13)6-3/h11,13H,4-10,12H2,1-3H3,(H2,17,18,19,20). The molecular formula is C16H29N5.